The molecule has 0 unspecified atom stereocenters. The molecule has 0 saturated carbocycles. The molecule has 0 aliphatic rings. The quantitative estimate of drug-likeness (QED) is 0.568. The van der Waals surface area contributed by atoms with Crippen molar-refractivity contribution in [3.8, 4) is 0 Å². The Kier molecular flexibility index (Phi) is 1.30. The van der Waals surface area contributed by atoms with Crippen LogP contribution in [0, 0.1) is 6.92 Å². The fourth-order valence-electron chi connectivity index (χ4n) is 0.539. The second-order valence-electron chi connectivity index (χ2n) is 1.63. The van der Waals surface area contributed by atoms with Crippen molar-refractivity contribution in [1.29, 1.82) is 0 Å². The summed E-state index contributed by atoms with van der Waals surface area (Å²) in [5.74, 6) is 0.516. The fraction of sp³-hybridized carbons (Fsp3) is 0.400. The lowest BCUT2D eigenvalue weighted by molar-refractivity contribution is 0.170. The van der Waals surface area contributed by atoms with Gasteiger partial charge in [-0.1, -0.05) is 0 Å². The molecule has 1 heterocycles. The van der Waals surface area contributed by atoms with E-state index in [1.165, 1.54) is 0 Å². The first-order valence-electron chi connectivity index (χ1n) is 2.42. The number of aromatic nitrogens is 2. The largest absolute Gasteiger partial charge is 0.346 e. The van der Waals surface area contributed by atoms with Crippen LogP contribution in [-0.2, 0) is 11.7 Å². The maximum atomic E-state index is 10.1. The molecule has 43 valence electrons. The molecule has 8 heavy (non-hydrogen) atoms. The van der Waals surface area contributed by atoms with Gasteiger partial charge >= 0.3 is 0 Å². The van der Waals surface area contributed by atoms with Crippen LogP contribution in [-0.4, -0.2) is 9.97 Å². The zero-order valence-electron chi connectivity index (χ0n) is 4.64. The summed E-state index contributed by atoms with van der Waals surface area (Å²) in [5.41, 5.74) is 0.871. The molecule has 0 bridgehead atoms. The van der Waals surface area contributed by atoms with E-state index in [0.717, 1.165) is 5.69 Å². The van der Waals surface area contributed by atoms with E-state index >= 15 is 0 Å². The highest BCUT2D eigenvalue weighted by Crippen LogP contribution is 1.92. The van der Waals surface area contributed by atoms with Gasteiger partial charge in [-0.15, -0.1) is 0 Å². The predicted molar refractivity (Wildman–Crippen MR) is 27.7 cm³/mol. The SMILES string of the molecule is Cc1c[nH]c(C[O])n1. The Balaban J connectivity index is 2.84. The molecular formula is C5H7N2O. The molecule has 0 aliphatic carbocycles. The van der Waals surface area contributed by atoms with Gasteiger partial charge in [0.15, 0.2) is 0 Å². The third-order valence-electron chi connectivity index (χ3n) is 0.896. The summed E-state index contributed by atoms with van der Waals surface area (Å²) in [5, 5.41) is 10.1. The minimum atomic E-state index is -0.256. The van der Waals surface area contributed by atoms with Crippen LogP contribution in [0.25, 0.3) is 0 Å². The van der Waals surface area contributed by atoms with Crippen molar-refractivity contribution in [2.75, 3.05) is 0 Å². The van der Waals surface area contributed by atoms with Gasteiger partial charge in [-0.3, -0.25) is 0 Å². The normalized spacial score (nSPS) is 9.75. The van der Waals surface area contributed by atoms with Crippen LogP contribution in [0.2, 0.25) is 0 Å². The highest BCUT2D eigenvalue weighted by atomic mass is 16.3. The molecule has 3 nitrogen and oxygen atoms in total. The van der Waals surface area contributed by atoms with Crippen molar-refractivity contribution in [2.24, 2.45) is 0 Å². The molecule has 0 fully saturated rings. The molecular weight excluding hydrogens is 104 g/mol. The first kappa shape index (κ1) is 5.31. The lowest BCUT2D eigenvalue weighted by Gasteiger charge is -1.78. The second-order valence-corrected chi connectivity index (χ2v) is 1.63. The minimum absolute atomic E-state index is 0.256. The van der Waals surface area contributed by atoms with Gasteiger partial charge in [0.1, 0.15) is 12.4 Å². The summed E-state index contributed by atoms with van der Waals surface area (Å²) in [7, 11) is 0. The van der Waals surface area contributed by atoms with E-state index in [9.17, 15) is 5.11 Å². The smallest absolute Gasteiger partial charge is 0.140 e. The first-order chi connectivity index (χ1) is 3.83. The summed E-state index contributed by atoms with van der Waals surface area (Å²) >= 11 is 0. The van der Waals surface area contributed by atoms with Gasteiger partial charge in [-0.05, 0) is 6.92 Å². The Hall–Kier alpha value is -0.830. The lowest BCUT2D eigenvalue weighted by atomic mass is 10.6. The van der Waals surface area contributed by atoms with E-state index in [1.54, 1.807) is 6.20 Å². The van der Waals surface area contributed by atoms with Crippen molar-refractivity contribution in [3.63, 3.8) is 0 Å². The summed E-state index contributed by atoms with van der Waals surface area (Å²) < 4.78 is 0. The molecule has 3 heteroatoms. The number of hydrogen-bond acceptors (Lipinski definition) is 1. The number of H-pyrrole nitrogens is 1. The van der Waals surface area contributed by atoms with Crippen molar-refractivity contribution in [3.05, 3.63) is 17.7 Å². The van der Waals surface area contributed by atoms with Gasteiger partial charge in [-0.25, -0.2) is 10.1 Å². The number of aryl methyl sites for hydroxylation is 1. The molecule has 0 amide bonds. The van der Waals surface area contributed by atoms with Crippen LogP contribution < -0.4 is 0 Å². The van der Waals surface area contributed by atoms with E-state index < -0.39 is 0 Å². The third-order valence-corrected chi connectivity index (χ3v) is 0.896. The molecule has 1 aromatic rings. The van der Waals surface area contributed by atoms with Gasteiger partial charge in [0, 0.05) is 6.20 Å². The summed E-state index contributed by atoms with van der Waals surface area (Å²) in [6.45, 7) is 1.59. The zero-order valence-corrected chi connectivity index (χ0v) is 4.64. The molecule has 1 rings (SSSR count). The summed E-state index contributed by atoms with van der Waals surface area (Å²) in [6.07, 6.45) is 1.72. The molecule has 0 atom stereocenters. The van der Waals surface area contributed by atoms with Crippen molar-refractivity contribution in [1.82, 2.24) is 9.97 Å². The van der Waals surface area contributed by atoms with E-state index in [0.29, 0.717) is 5.82 Å². The number of hydrogen-bond donors (Lipinski definition) is 1. The molecule has 0 aromatic carbocycles. The Morgan fingerprint density at radius 3 is 2.88 bits per heavy atom. The molecule has 0 saturated heterocycles. The van der Waals surface area contributed by atoms with Crippen LogP contribution in [0.1, 0.15) is 11.5 Å². The van der Waals surface area contributed by atoms with Crippen LogP contribution >= 0.6 is 0 Å². The third kappa shape index (κ3) is 0.869. The van der Waals surface area contributed by atoms with Crippen LogP contribution in [0.3, 0.4) is 0 Å². The van der Waals surface area contributed by atoms with Gasteiger partial charge in [0.25, 0.3) is 0 Å². The first-order valence-corrected chi connectivity index (χ1v) is 2.42. The fourth-order valence-corrected chi connectivity index (χ4v) is 0.539. The van der Waals surface area contributed by atoms with E-state index in [1.807, 2.05) is 6.92 Å². The van der Waals surface area contributed by atoms with Crippen molar-refractivity contribution < 1.29 is 5.11 Å². The number of rotatable bonds is 1. The lowest BCUT2D eigenvalue weighted by Crippen LogP contribution is -1.82. The zero-order chi connectivity index (χ0) is 5.98. The van der Waals surface area contributed by atoms with Crippen LogP contribution in [0.5, 0.6) is 0 Å². The van der Waals surface area contributed by atoms with Gasteiger partial charge in [0.2, 0.25) is 0 Å². The monoisotopic (exact) mass is 111 g/mol. The van der Waals surface area contributed by atoms with Gasteiger partial charge < -0.3 is 4.98 Å². The van der Waals surface area contributed by atoms with E-state index in [2.05, 4.69) is 9.97 Å². The Morgan fingerprint density at radius 1 is 1.88 bits per heavy atom. The molecule has 1 N–H and O–H groups in total. The van der Waals surface area contributed by atoms with Gasteiger partial charge in [-0.2, -0.15) is 0 Å². The molecule has 0 spiro atoms. The van der Waals surface area contributed by atoms with E-state index in [-0.39, 0.29) is 6.61 Å². The maximum Gasteiger partial charge on any atom is 0.140 e. The molecule has 0 aliphatic heterocycles. The maximum absolute atomic E-state index is 10.1. The highest BCUT2D eigenvalue weighted by Gasteiger charge is 1.92. The minimum Gasteiger partial charge on any atom is -0.346 e. The number of nitrogens with zero attached hydrogens (tertiary/aromatic N) is 1. The Bertz CT molecular complexity index is 171. The van der Waals surface area contributed by atoms with Crippen LogP contribution in [0.15, 0.2) is 6.20 Å². The standard InChI is InChI=1S/C5H7N2O/c1-4-2-6-5(3-8)7-4/h2H,3H2,1H3,(H,6,7). The molecule has 1 aromatic heterocycles. The van der Waals surface area contributed by atoms with E-state index in [4.69, 9.17) is 0 Å². The average Bonchev–Trinajstić information content (AvgIpc) is 2.14. The highest BCUT2D eigenvalue weighted by molar-refractivity contribution is 4.96. The summed E-state index contributed by atoms with van der Waals surface area (Å²) in [6, 6.07) is 0. The Morgan fingerprint density at radius 2 is 2.62 bits per heavy atom. The topological polar surface area (TPSA) is 48.6 Å². The summed E-state index contributed by atoms with van der Waals surface area (Å²) in [4.78, 5) is 6.59. The number of aromatic amines is 1. The number of nitrogens with one attached hydrogen (secondary N) is 1. The van der Waals surface area contributed by atoms with Crippen LogP contribution in [0.4, 0.5) is 0 Å². The predicted octanol–water partition coefficient (Wildman–Crippen LogP) is 0.649. The van der Waals surface area contributed by atoms with Crippen molar-refractivity contribution in [2.45, 2.75) is 13.5 Å². The Labute approximate surface area is 47.4 Å². The van der Waals surface area contributed by atoms with Crippen molar-refractivity contribution >= 4 is 0 Å². The average molecular weight is 111 g/mol. The molecule has 1 radical (unpaired) electrons. The second kappa shape index (κ2) is 1.96. The number of imidazole rings is 1. The van der Waals surface area contributed by atoms with Gasteiger partial charge in [0.05, 0.1) is 5.69 Å².